The molecule has 0 heterocycles. The van der Waals surface area contributed by atoms with Crippen molar-refractivity contribution >= 4 is 55.1 Å². The van der Waals surface area contributed by atoms with Crippen LogP contribution in [0.25, 0.3) is 0 Å². The number of nitrogens with one attached hydrogen (secondary N) is 1. The van der Waals surface area contributed by atoms with Crippen LogP contribution in [0, 0.1) is 0 Å². The van der Waals surface area contributed by atoms with E-state index in [0.717, 1.165) is 20.3 Å². The fourth-order valence-corrected chi connectivity index (χ4v) is 3.64. The van der Waals surface area contributed by atoms with Crippen molar-refractivity contribution in [3.8, 4) is 5.75 Å². The zero-order valence-corrected chi connectivity index (χ0v) is 15.4. The van der Waals surface area contributed by atoms with E-state index in [-0.39, 0.29) is 10.6 Å². The molecular formula is C15H12Br2ClNO3. The summed E-state index contributed by atoms with van der Waals surface area (Å²) in [4.78, 5) is 11.1. The first-order chi connectivity index (χ1) is 10.4. The van der Waals surface area contributed by atoms with E-state index in [1.165, 1.54) is 6.07 Å². The summed E-state index contributed by atoms with van der Waals surface area (Å²) in [5.41, 5.74) is 1.66. The summed E-state index contributed by atoms with van der Waals surface area (Å²) in [5, 5.41) is 12.5. The molecule has 0 aliphatic rings. The maximum atomic E-state index is 11.1. The lowest BCUT2D eigenvalue weighted by Gasteiger charge is -2.13. The fourth-order valence-electron chi connectivity index (χ4n) is 1.97. The Labute approximate surface area is 149 Å². The van der Waals surface area contributed by atoms with Gasteiger partial charge in [-0.25, -0.2) is 4.79 Å². The van der Waals surface area contributed by atoms with Crippen molar-refractivity contribution in [2.45, 2.75) is 6.54 Å². The van der Waals surface area contributed by atoms with Crippen molar-refractivity contribution in [1.82, 2.24) is 0 Å². The van der Waals surface area contributed by atoms with Gasteiger partial charge in [0.1, 0.15) is 5.75 Å². The van der Waals surface area contributed by atoms with E-state index < -0.39 is 5.97 Å². The summed E-state index contributed by atoms with van der Waals surface area (Å²) in [5.74, 6) is -0.334. The highest BCUT2D eigenvalue weighted by Gasteiger charge is 2.11. The van der Waals surface area contributed by atoms with E-state index in [9.17, 15) is 4.79 Å². The molecule has 2 aromatic carbocycles. The number of ether oxygens (including phenoxy) is 1. The van der Waals surface area contributed by atoms with Crippen LogP contribution in [0.2, 0.25) is 5.02 Å². The van der Waals surface area contributed by atoms with Crippen LogP contribution in [-0.2, 0) is 6.54 Å². The van der Waals surface area contributed by atoms with Gasteiger partial charge < -0.3 is 15.2 Å². The molecule has 0 atom stereocenters. The van der Waals surface area contributed by atoms with Crippen LogP contribution in [0.3, 0.4) is 0 Å². The van der Waals surface area contributed by atoms with Gasteiger partial charge in [-0.3, -0.25) is 0 Å². The predicted molar refractivity (Wildman–Crippen MR) is 94.1 cm³/mol. The van der Waals surface area contributed by atoms with Gasteiger partial charge in [0.05, 0.1) is 22.2 Å². The molecule has 0 saturated carbocycles. The Balaban J connectivity index is 2.24. The topological polar surface area (TPSA) is 58.6 Å². The molecule has 0 amide bonds. The number of benzene rings is 2. The molecule has 22 heavy (non-hydrogen) atoms. The molecule has 0 aliphatic heterocycles. The molecule has 0 spiro atoms. The van der Waals surface area contributed by atoms with Gasteiger partial charge in [-0.05, 0) is 46.3 Å². The van der Waals surface area contributed by atoms with Gasteiger partial charge in [0.2, 0.25) is 0 Å². The van der Waals surface area contributed by atoms with Crippen LogP contribution in [0.1, 0.15) is 15.9 Å². The molecule has 116 valence electrons. The Morgan fingerprint density at radius 1 is 1.32 bits per heavy atom. The second-order valence-electron chi connectivity index (χ2n) is 4.43. The molecule has 4 nitrogen and oxygen atoms in total. The Morgan fingerprint density at radius 3 is 2.68 bits per heavy atom. The lowest BCUT2D eigenvalue weighted by Crippen LogP contribution is -2.04. The van der Waals surface area contributed by atoms with Crippen LogP contribution in [0.4, 0.5) is 5.69 Å². The maximum Gasteiger partial charge on any atom is 0.337 e. The Bertz CT molecular complexity index is 722. The van der Waals surface area contributed by atoms with Crippen LogP contribution >= 0.6 is 43.5 Å². The average molecular weight is 450 g/mol. The number of hydrogen-bond donors (Lipinski definition) is 2. The third-order valence-corrected chi connectivity index (χ3v) is 4.35. The highest BCUT2D eigenvalue weighted by atomic mass is 79.9. The largest absolute Gasteiger partial charge is 0.495 e. The molecule has 0 unspecified atom stereocenters. The summed E-state index contributed by atoms with van der Waals surface area (Å²) in [6, 6.07) is 8.62. The van der Waals surface area contributed by atoms with Crippen molar-refractivity contribution in [2.75, 3.05) is 12.4 Å². The molecule has 7 heteroatoms. The van der Waals surface area contributed by atoms with E-state index in [0.29, 0.717) is 12.2 Å². The van der Waals surface area contributed by atoms with E-state index >= 15 is 0 Å². The minimum Gasteiger partial charge on any atom is -0.495 e. The Hall–Kier alpha value is -1.24. The first kappa shape index (κ1) is 17.1. The average Bonchev–Trinajstić information content (AvgIpc) is 2.45. The van der Waals surface area contributed by atoms with Crippen molar-refractivity contribution in [3.63, 3.8) is 0 Å². The van der Waals surface area contributed by atoms with Gasteiger partial charge in [-0.2, -0.15) is 0 Å². The summed E-state index contributed by atoms with van der Waals surface area (Å²) in [7, 11) is 1.60. The Kier molecular flexibility index (Phi) is 5.72. The number of halogens is 3. The molecule has 0 saturated heterocycles. The number of hydrogen-bond acceptors (Lipinski definition) is 3. The number of aromatic carboxylic acids is 1. The third kappa shape index (κ3) is 3.94. The van der Waals surface area contributed by atoms with Gasteiger partial charge in [-0.1, -0.05) is 27.5 Å². The van der Waals surface area contributed by atoms with Crippen molar-refractivity contribution in [3.05, 3.63) is 55.4 Å². The number of methoxy groups -OCH3 is 1. The van der Waals surface area contributed by atoms with Gasteiger partial charge in [0, 0.05) is 22.3 Å². The highest BCUT2D eigenvalue weighted by molar-refractivity contribution is 9.11. The first-order valence-corrected chi connectivity index (χ1v) is 8.17. The second-order valence-corrected chi connectivity index (χ2v) is 6.61. The fraction of sp³-hybridized carbons (Fsp3) is 0.133. The summed E-state index contributed by atoms with van der Waals surface area (Å²) >= 11 is 12.7. The lowest BCUT2D eigenvalue weighted by atomic mass is 10.1. The SMILES string of the molecule is COc1c(Br)cc(Br)cc1CNc1ccc(Cl)c(C(=O)O)c1. The molecular weight excluding hydrogens is 437 g/mol. The number of anilines is 1. The van der Waals surface area contributed by atoms with E-state index in [1.807, 2.05) is 12.1 Å². The normalized spacial score (nSPS) is 10.4. The van der Waals surface area contributed by atoms with Crippen LogP contribution < -0.4 is 10.1 Å². The maximum absolute atomic E-state index is 11.1. The van der Waals surface area contributed by atoms with Gasteiger partial charge in [-0.15, -0.1) is 0 Å². The molecule has 0 radical (unpaired) electrons. The van der Waals surface area contributed by atoms with Crippen molar-refractivity contribution < 1.29 is 14.6 Å². The molecule has 2 N–H and O–H groups in total. The standard InChI is InChI=1S/C15H12Br2ClNO3/c1-22-14-8(4-9(16)5-12(14)17)7-19-10-2-3-13(18)11(6-10)15(20)21/h2-6,19H,7H2,1H3,(H,20,21). The smallest absolute Gasteiger partial charge is 0.337 e. The van der Waals surface area contributed by atoms with E-state index in [2.05, 4.69) is 37.2 Å². The molecule has 2 rings (SSSR count). The zero-order valence-electron chi connectivity index (χ0n) is 11.5. The molecule has 0 bridgehead atoms. The van der Waals surface area contributed by atoms with E-state index in [4.69, 9.17) is 21.4 Å². The van der Waals surface area contributed by atoms with E-state index in [1.54, 1.807) is 19.2 Å². The number of carboxylic acids is 1. The zero-order chi connectivity index (χ0) is 16.3. The number of carbonyl (C=O) groups is 1. The summed E-state index contributed by atoms with van der Waals surface area (Å²) in [6.07, 6.45) is 0. The van der Waals surface area contributed by atoms with Crippen LogP contribution in [-0.4, -0.2) is 18.2 Å². The molecule has 0 aliphatic carbocycles. The number of carboxylic acid groups (broad SMARTS) is 1. The monoisotopic (exact) mass is 447 g/mol. The molecule has 0 fully saturated rings. The lowest BCUT2D eigenvalue weighted by molar-refractivity contribution is 0.0697. The van der Waals surface area contributed by atoms with Crippen LogP contribution in [0.15, 0.2) is 39.3 Å². The van der Waals surface area contributed by atoms with Crippen molar-refractivity contribution in [1.29, 1.82) is 0 Å². The van der Waals surface area contributed by atoms with Crippen molar-refractivity contribution in [2.24, 2.45) is 0 Å². The molecule has 2 aromatic rings. The summed E-state index contributed by atoms with van der Waals surface area (Å²) < 4.78 is 7.13. The van der Waals surface area contributed by atoms with Crippen LogP contribution in [0.5, 0.6) is 5.75 Å². The first-order valence-electron chi connectivity index (χ1n) is 6.21. The third-order valence-electron chi connectivity index (χ3n) is 2.97. The Morgan fingerprint density at radius 2 is 2.05 bits per heavy atom. The quantitative estimate of drug-likeness (QED) is 0.660. The highest BCUT2D eigenvalue weighted by Crippen LogP contribution is 2.33. The minimum absolute atomic E-state index is 0.0639. The number of rotatable bonds is 5. The molecule has 0 aromatic heterocycles. The predicted octanol–water partition coefficient (Wildman–Crippen LogP) is 5.18. The van der Waals surface area contributed by atoms with Gasteiger partial charge >= 0.3 is 5.97 Å². The second kappa shape index (κ2) is 7.35. The van der Waals surface area contributed by atoms with Gasteiger partial charge in [0.15, 0.2) is 0 Å². The van der Waals surface area contributed by atoms with Gasteiger partial charge in [0.25, 0.3) is 0 Å². The summed E-state index contributed by atoms with van der Waals surface area (Å²) in [6.45, 7) is 0.474. The minimum atomic E-state index is -1.06.